The van der Waals surface area contributed by atoms with Crippen LogP contribution in [-0.4, -0.2) is 29.1 Å². The van der Waals surface area contributed by atoms with Crippen LogP contribution in [0.1, 0.15) is 28.9 Å². The van der Waals surface area contributed by atoms with Crippen molar-refractivity contribution in [2.24, 2.45) is 5.92 Å². The van der Waals surface area contributed by atoms with E-state index in [9.17, 15) is 9.90 Å². The first kappa shape index (κ1) is 12.4. The van der Waals surface area contributed by atoms with Crippen LogP contribution >= 0.6 is 0 Å². The number of hydrogen-bond donors (Lipinski definition) is 1. The topological polar surface area (TPSA) is 77.2 Å². The molecule has 0 aliphatic carbocycles. The average molecular weight is 245 g/mol. The van der Waals surface area contributed by atoms with Crippen molar-refractivity contribution < 1.29 is 9.90 Å². The molecule has 0 spiro atoms. The lowest BCUT2D eigenvalue weighted by Crippen LogP contribution is -2.36. The van der Waals surface area contributed by atoms with Crippen molar-refractivity contribution >= 4 is 11.8 Å². The second kappa shape index (κ2) is 5.05. The zero-order valence-electron chi connectivity index (χ0n) is 10.3. The van der Waals surface area contributed by atoms with E-state index in [0.29, 0.717) is 12.4 Å². The fraction of sp³-hybridized carbons (Fsp3) is 0.462. The quantitative estimate of drug-likeness (QED) is 0.860. The summed E-state index contributed by atoms with van der Waals surface area (Å²) in [5, 5.41) is 18.2. The van der Waals surface area contributed by atoms with Crippen LogP contribution in [0.2, 0.25) is 0 Å². The summed E-state index contributed by atoms with van der Waals surface area (Å²) in [7, 11) is 0. The molecule has 2 heterocycles. The van der Waals surface area contributed by atoms with Gasteiger partial charge < -0.3 is 10.0 Å². The summed E-state index contributed by atoms with van der Waals surface area (Å²) in [6.45, 7) is 3.16. The van der Waals surface area contributed by atoms with Crippen LogP contribution in [0.4, 0.5) is 5.82 Å². The van der Waals surface area contributed by atoms with Gasteiger partial charge in [0.2, 0.25) is 0 Å². The van der Waals surface area contributed by atoms with E-state index < -0.39 is 5.97 Å². The van der Waals surface area contributed by atoms with Crippen LogP contribution in [-0.2, 0) is 0 Å². The van der Waals surface area contributed by atoms with Gasteiger partial charge in [-0.15, -0.1) is 0 Å². The van der Waals surface area contributed by atoms with Crippen LogP contribution in [0.5, 0.6) is 0 Å². The molecule has 0 aromatic carbocycles. The minimum atomic E-state index is -0.975. The van der Waals surface area contributed by atoms with Gasteiger partial charge in [-0.25, -0.2) is 9.78 Å². The Labute approximate surface area is 106 Å². The van der Waals surface area contributed by atoms with E-state index in [1.54, 1.807) is 12.1 Å². The van der Waals surface area contributed by atoms with E-state index in [-0.39, 0.29) is 11.5 Å². The van der Waals surface area contributed by atoms with Crippen molar-refractivity contribution in [3.8, 4) is 6.07 Å². The number of nitriles is 1. The highest BCUT2D eigenvalue weighted by Crippen LogP contribution is 2.24. The van der Waals surface area contributed by atoms with Crippen LogP contribution in [0.3, 0.4) is 0 Å². The molecule has 1 aromatic rings. The molecule has 0 radical (unpaired) electrons. The van der Waals surface area contributed by atoms with Gasteiger partial charge in [0.25, 0.3) is 0 Å². The predicted molar refractivity (Wildman–Crippen MR) is 66.5 cm³/mol. The number of aryl methyl sites for hydroxylation is 1. The van der Waals surface area contributed by atoms with Crippen LogP contribution < -0.4 is 4.90 Å². The molecule has 1 fully saturated rings. The van der Waals surface area contributed by atoms with Gasteiger partial charge in [0.15, 0.2) is 0 Å². The molecule has 0 unspecified atom stereocenters. The van der Waals surface area contributed by atoms with Crippen molar-refractivity contribution in [3.05, 3.63) is 23.4 Å². The number of nitrogens with zero attached hydrogens (tertiary/aromatic N) is 3. The van der Waals surface area contributed by atoms with Crippen LogP contribution in [0.25, 0.3) is 0 Å². The summed E-state index contributed by atoms with van der Waals surface area (Å²) in [5.74, 6) is -0.526. The Morgan fingerprint density at radius 1 is 1.61 bits per heavy atom. The molecular formula is C13H15N3O2. The first-order chi connectivity index (χ1) is 8.61. The highest BCUT2D eigenvalue weighted by atomic mass is 16.4. The van der Waals surface area contributed by atoms with Gasteiger partial charge in [-0.05, 0) is 31.9 Å². The Balaban J connectivity index is 2.34. The predicted octanol–water partition coefficient (Wildman–Crippen LogP) is 1.83. The Bertz CT molecular complexity index is 507. The van der Waals surface area contributed by atoms with Crippen molar-refractivity contribution in [1.29, 1.82) is 5.26 Å². The summed E-state index contributed by atoms with van der Waals surface area (Å²) in [5.41, 5.74) is 0.994. The van der Waals surface area contributed by atoms with Gasteiger partial charge >= 0.3 is 5.97 Å². The van der Waals surface area contributed by atoms with Gasteiger partial charge in [0, 0.05) is 18.8 Å². The smallest absolute Gasteiger partial charge is 0.339 e. The van der Waals surface area contributed by atoms with E-state index in [2.05, 4.69) is 11.1 Å². The highest BCUT2D eigenvalue weighted by molar-refractivity contribution is 5.93. The molecule has 1 aliphatic heterocycles. The number of rotatable bonds is 2. The molecule has 94 valence electrons. The van der Waals surface area contributed by atoms with Crippen molar-refractivity contribution in [2.75, 3.05) is 18.0 Å². The van der Waals surface area contributed by atoms with Gasteiger partial charge in [-0.2, -0.15) is 5.26 Å². The molecule has 1 N–H and O–H groups in total. The fourth-order valence-corrected chi connectivity index (χ4v) is 2.23. The molecule has 1 saturated heterocycles. The van der Waals surface area contributed by atoms with Gasteiger partial charge in [-0.3, -0.25) is 0 Å². The number of carboxylic acid groups (broad SMARTS) is 1. The number of piperidine rings is 1. The number of aromatic nitrogens is 1. The third kappa shape index (κ3) is 2.43. The summed E-state index contributed by atoms with van der Waals surface area (Å²) < 4.78 is 0. The van der Waals surface area contributed by atoms with Crippen molar-refractivity contribution in [2.45, 2.75) is 19.8 Å². The Hall–Kier alpha value is -2.09. The zero-order valence-corrected chi connectivity index (χ0v) is 10.3. The number of hydrogen-bond acceptors (Lipinski definition) is 4. The fourth-order valence-electron chi connectivity index (χ4n) is 2.23. The minimum absolute atomic E-state index is 0.0392. The van der Waals surface area contributed by atoms with E-state index in [4.69, 9.17) is 5.26 Å². The first-order valence-electron chi connectivity index (χ1n) is 5.97. The molecule has 18 heavy (non-hydrogen) atoms. The highest BCUT2D eigenvalue weighted by Gasteiger charge is 2.24. The molecule has 1 aliphatic rings. The lowest BCUT2D eigenvalue weighted by atomic mass is 9.99. The van der Waals surface area contributed by atoms with Crippen molar-refractivity contribution in [1.82, 2.24) is 4.98 Å². The average Bonchev–Trinajstić information content (AvgIpc) is 2.38. The summed E-state index contributed by atoms with van der Waals surface area (Å²) in [6, 6.07) is 5.52. The number of pyridine rings is 1. The molecule has 0 saturated carbocycles. The minimum Gasteiger partial charge on any atom is -0.478 e. The lowest BCUT2D eigenvalue weighted by Gasteiger charge is -2.31. The monoisotopic (exact) mass is 245 g/mol. The Morgan fingerprint density at radius 3 is 3.06 bits per heavy atom. The van der Waals surface area contributed by atoms with Gasteiger partial charge in [0.1, 0.15) is 11.4 Å². The van der Waals surface area contributed by atoms with Crippen LogP contribution in [0, 0.1) is 24.2 Å². The second-order valence-electron chi connectivity index (χ2n) is 4.54. The third-order valence-corrected chi connectivity index (χ3v) is 3.15. The third-order valence-electron chi connectivity index (χ3n) is 3.15. The first-order valence-corrected chi connectivity index (χ1v) is 5.97. The van der Waals surface area contributed by atoms with E-state index in [0.717, 1.165) is 25.1 Å². The number of carboxylic acids is 1. The maximum absolute atomic E-state index is 11.2. The summed E-state index contributed by atoms with van der Waals surface area (Å²) in [4.78, 5) is 17.4. The van der Waals surface area contributed by atoms with E-state index in [1.807, 2.05) is 11.8 Å². The molecule has 0 bridgehead atoms. The SMILES string of the molecule is Cc1ccc(C(=O)O)c(N2CCC[C@H](C#N)C2)n1. The van der Waals surface area contributed by atoms with Gasteiger partial charge in [0.05, 0.1) is 12.0 Å². The number of anilines is 1. The standard InChI is InChI=1S/C13H15N3O2/c1-9-4-5-11(13(17)18)12(15-9)16-6-2-3-10(7-14)8-16/h4-5,10H,2-3,6,8H2,1H3,(H,17,18)/t10-/m1/s1. The normalized spacial score (nSPS) is 19.3. The van der Waals surface area contributed by atoms with E-state index in [1.165, 1.54) is 0 Å². The van der Waals surface area contributed by atoms with Gasteiger partial charge in [-0.1, -0.05) is 0 Å². The molecule has 2 rings (SSSR count). The second-order valence-corrected chi connectivity index (χ2v) is 4.54. The summed E-state index contributed by atoms with van der Waals surface area (Å²) >= 11 is 0. The van der Waals surface area contributed by atoms with E-state index >= 15 is 0 Å². The Kier molecular flexibility index (Phi) is 3.47. The molecule has 5 nitrogen and oxygen atoms in total. The molecule has 1 atom stereocenters. The lowest BCUT2D eigenvalue weighted by molar-refractivity contribution is 0.0697. The number of aromatic carboxylic acids is 1. The molecule has 1 aromatic heterocycles. The summed E-state index contributed by atoms with van der Waals surface area (Å²) in [6.07, 6.45) is 1.77. The van der Waals surface area contributed by atoms with Crippen molar-refractivity contribution in [3.63, 3.8) is 0 Å². The Morgan fingerprint density at radius 2 is 2.39 bits per heavy atom. The number of carbonyl (C=O) groups is 1. The molecule has 0 amide bonds. The van der Waals surface area contributed by atoms with Crippen LogP contribution in [0.15, 0.2) is 12.1 Å². The zero-order chi connectivity index (χ0) is 13.1. The maximum Gasteiger partial charge on any atom is 0.339 e. The largest absolute Gasteiger partial charge is 0.478 e. The maximum atomic E-state index is 11.2. The molecule has 5 heteroatoms. The molecular weight excluding hydrogens is 230 g/mol.